The van der Waals surface area contributed by atoms with E-state index >= 15 is 0 Å². The number of hydrogen-bond acceptors (Lipinski definition) is 16. The van der Waals surface area contributed by atoms with Crippen molar-refractivity contribution >= 4 is 0 Å². The van der Waals surface area contributed by atoms with Crippen molar-refractivity contribution in [3.8, 4) is 0 Å². The zero-order valence-corrected chi connectivity index (χ0v) is 35.6. The Balaban J connectivity index is 0.935. The first-order valence-electron chi connectivity index (χ1n) is 22.9. The van der Waals surface area contributed by atoms with E-state index in [4.69, 9.17) is 28.4 Å². The fourth-order valence-electron chi connectivity index (χ4n) is 14.4. The molecule has 9 rings (SSSR count). The maximum Gasteiger partial charge on any atom is 0.187 e. The number of aliphatic hydroxyl groups excluding tert-OH is 9. The van der Waals surface area contributed by atoms with Crippen molar-refractivity contribution in [3.63, 3.8) is 0 Å². The van der Waals surface area contributed by atoms with Crippen LogP contribution < -0.4 is 0 Å². The van der Waals surface area contributed by atoms with Gasteiger partial charge in [-0.3, -0.25) is 4.90 Å². The van der Waals surface area contributed by atoms with Crippen LogP contribution in [0.3, 0.4) is 0 Å². The summed E-state index contributed by atoms with van der Waals surface area (Å²) in [5.41, 5.74) is 1.02. The molecule has 0 aromatic heterocycles. The van der Waals surface area contributed by atoms with Crippen LogP contribution in [0.2, 0.25) is 0 Å². The molecule has 0 aromatic carbocycles. The van der Waals surface area contributed by atoms with Crippen LogP contribution in [0.4, 0.5) is 0 Å². The smallest absolute Gasteiger partial charge is 0.187 e. The summed E-state index contributed by atoms with van der Waals surface area (Å²) < 4.78 is 36.2. The lowest BCUT2D eigenvalue weighted by Gasteiger charge is -2.60. The van der Waals surface area contributed by atoms with Gasteiger partial charge in [-0.25, -0.2) is 0 Å². The van der Waals surface area contributed by atoms with E-state index in [1.807, 2.05) is 0 Å². The Labute approximate surface area is 352 Å². The Morgan fingerprint density at radius 1 is 0.750 bits per heavy atom. The zero-order valence-electron chi connectivity index (χ0n) is 35.6. The van der Waals surface area contributed by atoms with Gasteiger partial charge in [0.05, 0.1) is 31.5 Å². The summed E-state index contributed by atoms with van der Waals surface area (Å²) >= 11 is 0. The topological polar surface area (TPSA) is 241 Å². The molecule has 3 saturated carbocycles. The molecule has 16 heteroatoms. The molecule has 0 unspecified atom stereocenters. The molecule has 4 aliphatic carbocycles. The van der Waals surface area contributed by atoms with Gasteiger partial charge in [0.2, 0.25) is 0 Å². The van der Waals surface area contributed by atoms with Crippen LogP contribution in [-0.4, -0.2) is 181 Å². The lowest BCUT2D eigenvalue weighted by Crippen LogP contribution is -2.66. The third-order valence-electron chi connectivity index (χ3n) is 17.7. The van der Waals surface area contributed by atoms with Gasteiger partial charge in [0.1, 0.15) is 61.0 Å². The zero-order chi connectivity index (χ0) is 42.7. The Morgan fingerprint density at radius 2 is 1.48 bits per heavy atom. The highest BCUT2D eigenvalue weighted by molar-refractivity contribution is 5.28. The molecule has 0 spiro atoms. The number of nitrogens with zero attached hydrogens (tertiary/aromatic N) is 1. The lowest BCUT2D eigenvalue weighted by molar-refractivity contribution is -0.385. The molecule has 16 nitrogen and oxygen atoms in total. The minimum Gasteiger partial charge on any atom is -0.394 e. The number of ether oxygens (including phenoxy) is 6. The highest BCUT2D eigenvalue weighted by Crippen LogP contribution is 2.70. The highest BCUT2D eigenvalue weighted by atomic mass is 16.8. The minimum absolute atomic E-state index is 0.114. The third kappa shape index (κ3) is 7.01. The molecule has 5 saturated heterocycles. The predicted octanol–water partition coefficient (Wildman–Crippen LogP) is -0.235. The SMILES string of the molecule is C[C@H]1CC[C@@H]2[C@@H](C)[C@H]3[C@H](C[C@H]4[C@@H]5CC=C6C[C@@H](O[C@H]7O[C@@H](CO)[C@H](O[C@@H]8OC[C@@H](O)[C@H](O)[C@@H]8O)[C@H](O)[C@@H]7O[C@H]7O[C@H](C)[C@@H](O)[C@H](O)[C@@H]7O)CC[C@]6(C)[C@H]5C[C@H](O)[C@]34C)N2C1. The van der Waals surface area contributed by atoms with E-state index in [1.54, 1.807) is 0 Å². The van der Waals surface area contributed by atoms with E-state index < -0.39 is 98.7 Å². The average molecular weight is 854 g/mol. The third-order valence-corrected chi connectivity index (χ3v) is 17.7. The number of piperidine rings is 1. The van der Waals surface area contributed by atoms with Crippen molar-refractivity contribution in [3.05, 3.63) is 11.6 Å². The predicted molar refractivity (Wildman–Crippen MR) is 210 cm³/mol. The van der Waals surface area contributed by atoms with Crippen LogP contribution in [0.25, 0.3) is 0 Å². The first-order valence-corrected chi connectivity index (χ1v) is 22.9. The number of rotatable bonds is 7. The Bertz CT molecular complexity index is 1570. The van der Waals surface area contributed by atoms with Gasteiger partial charge in [-0.05, 0) is 99.2 Å². The van der Waals surface area contributed by atoms with E-state index in [9.17, 15) is 46.0 Å². The van der Waals surface area contributed by atoms with E-state index in [0.717, 1.165) is 25.7 Å². The van der Waals surface area contributed by atoms with E-state index in [1.165, 1.54) is 31.9 Å². The van der Waals surface area contributed by atoms with Crippen molar-refractivity contribution in [2.24, 2.45) is 46.3 Å². The number of aliphatic hydroxyl groups is 9. The molecular weight excluding hydrogens is 782 g/mol. The van der Waals surface area contributed by atoms with Gasteiger partial charge in [0.25, 0.3) is 0 Å². The first-order chi connectivity index (χ1) is 28.5. The molecule has 5 heterocycles. The second-order valence-corrected chi connectivity index (χ2v) is 20.9. The summed E-state index contributed by atoms with van der Waals surface area (Å²) in [4.78, 5) is 2.84. The molecule has 26 atom stereocenters. The molecule has 0 amide bonds. The van der Waals surface area contributed by atoms with Crippen molar-refractivity contribution in [2.75, 3.05) is 19.8 Å². The van der Waals surface area contributed by atoms with Gasteiger partial charge in [-0.2, -0.15) is 0 Å². The lowest BCUT2D eigenvalue weighted by atomic mass is 9.46. The molecule has 8 fully saturated rings. The second-order valence-electron chi connectivity index (χ2n) is 20.9. The van der Waals surface area contributed by atoms with Gasteiger partial charge in [0, 0.05) is 24.0 Å². The van der Waals surface area contributed by atoms with Crippen LogP contribution in [-0.2, 0) is 28.4 Å². The van der Waals surface area contributed by atoms with Crippen LogP contribution in [0.1, 0.15) is 86.0 Å². The van der Waals surface area contributed by atoms with Crippen LogP contribution in [0.15, 0.2) is 11.6 Å². The number of hydrogen-bond donors (Lipinski definition) is 9. The quantitative estimate of drug-likeness (QED) is 0.150. The van der Waals surface area contributed by atoms with Crippen molar-refractivity contribution in [1.29, 1.82) is 0 Å². The molecule has 0 radical (unpaired) electrons. The van der Waals surface area contributed by atoms with Gasteiger partial charge in [-0.1, -0.05) is 39.3 Å². The molecular formula is C44H71NO15. The summed E-state index contributed by atoms with van der Waals surface area (Å²) in [7, 11) is 0. The van der Waals surface area contributed by atoms with Gasteiger partial charge < -0.3 is 74.4 Å². The second kappa shape index (κ2) is 16.5. The largest absolute Gasteiger partial charge is 0.394 e. The van der Waals surface area contributed by atoms with Crippen LogP contribution in [0.5, 0.6) is 0 Å². The molecule has 5 aliphatic heterocycles. The molecule has 0 bridgehead atoms. The summed E-state index contributed by atoms with van der Waals surface area (Å²) in [5.74, 6) is 3.03. The van der Waals surface area contributed by atoms with Crippen molar-refractivity contribution in [2.45, 2.75) is 196 Å². The Kier molecular flexibility index (Phi) is 12.2. The fourth-order valence-corrected chi connectivity index (χ4v) is 14.4. The number of fused-ring (bicyclic) bond motifs is 9. The summed E-state index contributed by atoms with van der Waals surface area (Å²) in [6, 6.07) is 1.16. The maximum absolute atomic E-state index is 12.3. The van der Waals surface area contributed by atoms with E-state index in [2.05, 4.69) is 38.7 Å². The Hall–Kier alpha value is -0.900. The minimum atomic E-state index is -1.71. The van der Waals surface area contributed by atoms with Crippen LogP contribution in [0, 0.1) is 46.3 Å². The van der Waals surface area contributed by atoms with Crippen LogP contribution >= 0.6 is 0 Å². The monoisotopic (exact) mass is 853 g/mol. The van der Waals surface area contributed by atoms with E-state index in [0.29, 0.717) is 60.4 Å². The summed E-state index contributed by atoms with van der Waals surface area (Å²) in [5, 5.41) is 97.5. The normalized spacial score (nSPS) is 58.1. The van der Waals surface area contributed by atoms with E-state index in [-0.39, 0.29) is 23.5 Å². The van der Waals surface area contributed by atoms with Gasteiger partial charge in [0.15, 0.2) is 18.9 Å². The molecule has 0 aromatic rings. The van der Waals surface area contributed by atoms with Gasteiger partial charge in [-0.15, -0.1) is 0 Å². The number of allylic oxidation sites excluding steroid dienone is 1. The molecule has 60 heavy (non-hydrogen) atoms. The maximum atomic E-state index is 12.3. The Morgan fingerprint density at radius 3 is 2.23 bits per heavy atom. The summed E-state index contributed by atoms with van der Waals surface area (Å²) in [6.07, 6.45) is -11.4. The highest BCUT2D eigenvalue weighted by Gasteiger charge is 2.69. The van der Waals surface area contributed by atoms with Gasteiger partial charge >= 0.3 is 0 Å². The summed E-state index contributed by atoms with van der Waals surface area (Å²) in [6.45, 7) is 11.3. The fraction of sp³-hybridized carbons (Fsp3) is 0.955. The standard InChI is InChI=1S/C44H71NO15/c1-18-6-9-26-19(2)31-27(45(26)15-18)13-25-23-8-7-21-12-22(10-11-43(21,4)24(23)14-30(48)44(25,31)5)57-42-39(60-41-36(53)34(51)32(49)20(3)56-41)37(54)38(29(16-46)58-42)59-40-35(52)33(50)28(47)17-55-40/h7,18-20,22-42,46-54H,6,8-17H2,1-5H3/t18-,19+,20+,22-,23+,24-,25-,26+,27-,28+,29-,30-,31-,32+,33-,34-,35-,36-,37-,38-,39-,40-,41+,42-,43-,44+/m0/s1. The molecule has 9 N–H and O–H groups in total. The molecule has 9 aliphatic rings. The average Bonchev–Trinajstić information content (AvgIpc) is 3.69. The van der Waals surface area contributed by atoms with Crippen molar-refractivity contribution < 1.29 is 74.4 Å². The first kappa shape index (κ1) is 44.3. The van der Waals surface area contributed by atoms with Crippen molar-refractivity contribution in [1.82, 2.24) is 4.90 Å². The molecule has 342 valence electrons.